The van der Waals surface area contributed by atoms with Gasteiger partial charge in [-0.3, -0.25) is 0 Å². The molecule has 0 unspecified atom stereocenters. The van der Waals surface area contributed by atoms with E-state index in [1.54, 1.807) is 24.8 Å². The molecule has 180 valence electrons. The van der Waals surface area contributed by atoms with Crippen LogP contribution in [0.3, 0.4) is 0 Å². The first kappa shape index (κ1) is 22.9. The lowest BCUT2D eigenvalue weighted by molar-refractivity contribution is 0.234. The van der Waals surface area contributed by atoms with Crippen LogP contribution < -0.4 is 11.1 Å². The Kier molecular flexibility index (Phi) is 5.68. The largest absolute Gasteiger partial charge is 0.394 e. The maximum Gasteiger partial charge on any atom is 0.278 e. The van der Waals surface area contributed by atoms with Crippen molar-refractivity contribution >= 4 is 11.8 Å². The minimum atomic E-state index is -0.504. The van der Waals surface area contributed by atoms with Crippen molar-refractivity contribution in [1.82, 2.24) is 30.1 Å². The molecule has 1 saturated carbocycles. The van der Waals surface area contributed by atoms with E-state index in [-0.39, 0.29) is 12.6 Å². The Balaban J connectivity index is 1.40. The van der Waals surface area contributed by atoms with Gasteiger partial charge in [0.15, 0.2) is 5.82 Å². The third-order valence-electron chi connectivity index (χ3n) is 6.51. The van der Waals surface area contributed by atoms with Crippen molar-refractivity contribution in [2.45, 2.75) is 44.6 Å². The predicted octanol–water partition coefficient (Wildman–Crippen LogP) is 3.46. The molecule has 3 heterocycles. The number of nitrogens with two attached hydrogens (primary N) is 1. The van der Waals surface area contributed by atoms with E-state index in [0.29, 0.717) is 29.1 Å². The highest BCUT2D eigenvalue weighted by Crippen LogP contribution is 2.50. The molecule has 0 spiro atoms. The van der Waals surface area contributed by atoms with Gasteiger partial charge in [0, 0.05) is 18.0 Å². The summed E-state index contributed by atoms with van der Waals surface area (Å²) in [6.45, 7) is 5.89. The van der Waals surface area contributed by atoms with Gasteiger partial charge in [-0.1, -0.05) is 29.4 Å². The molecule has 35 heavy (non-hydrogen) atoms. The van der Waals surface area contributed by atoms with Crippen molar-refractivity contribution in [2.75, 3.05) is 17.7 Å². The molecule has 0 bridgehead atoms. The summed E-state index contributed by atoms with van der Waals surface area (Å²) < 4.78 is 5.61. The number of nitrogens with one attached hydrogen (secondary N) is 1. The summed E-state index contributed by atoms with van der Waals surface area (Å²) in [6, 6.07) is 8.31. The Bertz CT molecular complexity index is 1300. The molecule has 0 radical (unpaired) electrons. The fraction of sp³-hybridized carbons (Fsp3) is 0.360. The second kappa shape index (κ2) is 8.70. The van der Waals surface area contributed by atoms with Gasteiger partial charge < -0.3 is 20.7 Å². The van der Waals surface area contributed by atoms with Crippen LogP contribution in [0.5, 0.6) is 0 Å². The lowest BCUT2D eigenvalue weighted by atomic mass is 9.77. The first-order chi connectivity index (χ1) is 16.8. The summed E-state index contributed by atoms with van der Waals surface area (Å²) in [6.07, 6.45) is 8.83. The van der Waals surface area contributed by atoms with Crippen molar-refractivity contribution in [2.24, 2.45) is 5.92 Å². The maximum atomic E-state index is 9.44. The molecule has 0 saturated heterocycles. The van der Waals surface area contributed by atoms with Gasteiger partial charge in [0.05, 0.1) is 30.0 Å². The standard InChI is InChI=1S/C25H28N8O2/c1-24(2,14-34)32-20-13-27-19(12-28-20)21-31-22(33-35-21)25(3,18-8-9-18)17-6-4-15(5-7-17)16-10-29-23(26)30-11-16/h4-7,10-13,18,34H,8-9,14H2,1-3H3,(H,28,32)(H2,26,29,30)/t25-/m0/s1. The van der Waals surface area contributed by atoms with Gasteiger partial charge in [-0.25, -0.2) is 19.9 Å². The Hall–Kier alpha value is -3.92. The zero-order chi connectivity index (χ0) is 24.6. The van der Waals surface area contributed by atoms with E-state index in [1.165, 1.54) is 0 Å². The highest BCUT2D eigenvalue weighted by Gasteiger charge is 2.47. The van der Waals surface area contributed by atoms with Gasteiger partial charge in [-0.05, 0) is 50.7 Å². The van der Waals surface area contributed by atoms with E-state index in [9.17, 15) is 5.11 Å². The van der Waals surface area contributed by atoms with Crippen LogP contribution in [0.2, 0.25) is 0 Å². The third kappa shape index (κ3) is 4.57. The molecular weight excluding hydrogens is 444 g/mol. The van der Waals surface area contributed by atoms with Gasteiger partial charge in [0.2, 0.25) is 5.95 Å². The monoisotopic (exact) mass is 472 g/mol. The molecule has 10 heteroatoms. The molecule has 1 fully saturated rings. The van der Waals surface area contributed by atoms with Crippen LogP contribution in [0.25, 0.3) is 22.7 Å². The van der Waals surface area contributed by atoms with E-state index < -0.39 is 11.0 Å². The average Bonchev–Trinajstić information content (AvgIpc) is 3.61. The number of nitrogen functional groups attached to an aromatic ring is 1. The molecule has 1 aliphatic carbocycles. The number of benzene rings is 1. The lowest BCUT2D eigenvalue weighted by Crippen LogP contribution is -2.35. The highest BCUT2D eigenvalue weighted by molar-refractivity contribution is 5.63. The van der Waals surface area contributed by atoms with Gasteiger partial charge in [0.1, 0.15) is 11.5 Å². The molecule has 4 aromatic rings. The van der Waals surface area contributed by atoms with Crippen LogP contribution in [0, 0.1) is 5.92 Å². The van der Waals surface area contributed by atoms with Crippen molar-refractivity contribution < 1.29 is 9.63 Å². The lowest BCUT2D eigenvalue weighted by Gasteiger charge is -2.27. The topological polar surface area (TPSA) is 149 Å². The van der Waals surface area contributed by atoms with E-state index >= 15 is 0 Å². The number of nitrogens with zero attached hydrogens (tertiary/aromatic N) is 6. The smallest absolute Gasteiger partial charge is 0.278 e. The first-order valence-corrected chi connectivity index (χ1v) is 11.5. The van der Waals surface area contributed by atoms with Gasteiger partial charge in [-0.2, -0.15) is 4.98 Å². The van der Waals surface area contributed by atoms with Crippen molar-refractivity contribution in [3.05, 3.63) is 60.4 Å². The summed E-state index contributed by atoms with van der Waals surface area (Å²) in [7, 11) is 0. The number of aromatic nitrogens is 6. The van der Waals surface area contributed by atoms with E-state index in [4.69, 9.17) is 15.2 Å². The molecule has 10 nitrogen and oxygen atoms in total. The minimum absolute atomic E-state index is 0.0298. The quantitative estimate of drug-likeness (QED) is 0.348. The molecule has 0 amide bonds. The Morgan fingerprint density at radius 3 is 2.29 bits per heavy atom. The first-order valence-electron chi connectivity index (χ1n) is 11.5. The van der Waals surface area contributed by atoms with Gasteiger partial charge >= 0.3 is 0 Å². The molecule has 1 aromatic carbocycles. The van der Waals surface area contributed by atoms with Crippen LogP contribution in [0.15, 0.2) is 53.6 Å². The highest BCUT2D eigenvalue weighted by atomic mass is 16.5. The normalized spacial score (nSPS) is 15.5. The molecule has 5 rings (SSSR count). The molecule has 0 aliphatic heterocycles. The maximum absolute atomic E-state index is 9.44. The van der Waals surface area contributed by atoms with Gasteiger partial charge in [0.25, 0.3) is 5.89 Å². The fourth-order valence-corrected chi connectivity index (χ4v) is 4.13. The number of hydrogen-bond donors (Lipinski definition) is 3. The van der Waals surface area contributed by atoms with E-state index in [2.05, 4.69) is 61.6 Å². The summed E-state index contributed by atoms with van der Waals surface area (Å²) in [4.78, 5) is 21.7. The Labute approximate surface area is 203 Å². The number of hydrogen-bond acceptors (Lipinski definition) is 10. The second-order valence-electron chi connectivity index (χ2n) is 9.76. The number of aliphatic hydroxyl groups excluding tert-OH is 1. The third-order valence-corrected chi connectivity index (χ3v) is 6.51. The van der Waals surface area contributed by atoms with Crippen LogP contribution >= 0.6 is 0 Å². The molecule has 3 aromatic heterocycles. The van der Waals surface area contributed by atoms with E-state index in [1.807, 2.05) is 13.8 Å². The summed E-state index contributed by atoms with van der Waals surface area (Å²) >= 11 is 0. The van der Waals surface area contributed by atoms with Crippen molar-refractivity contribution in [3.8, 4) is 22.7 Å². The Morgan fingerprint density at radius 1 is 0.971 bits per heavy atom. The predicted molar refractivity (Wildman–Crippen MR) is 131 cm³/mol. The molecule has 1 aliphatic rings. The summed E-state index contributed by atoms with van der Waals surface area (Å²) in [5.41, 5.74) is 8.23. The van der Waals surface area contributed by atoms with Crippen molar-refractivity contribution in [1.29, 1.82) is 0 Å². The summed E-state index contributed by atoms with van der Waals surface area (Å²) in [5, 5.41) is 16.9. The molecule has 1 atom stereocenters. The van der Waals surface area contributed by atoms with E-state index in [0.717, 1.165) is 29.5 Å². The fourth-order valence-electron chi connectivity index (χ4n) is 4.13. The average molecular weight is 473 g/mol. The second-order valence-corrected chi connectivity index (χ2v) is 9.76. The van der Waals surface area contributed by atoms with Crippen LogP contribution in [0.1, 0.15) is 45.0 Å². The number of aliphatic hydroxyl groups is 1. The summed E-state index contributed by atoms with van der Waals surface area (Å²) in [5.74, 6) is 2.19. The van der Waals surface area contributed by atoms with Crippen LogP contribution in [-0.2, 0) is 5.41 Å². The number of rotatable bonds is 8. The Morgan fingerprint density at radius 2 is 1.69 bits per heavy atom. The number of anilines is 2. The SMILES string of the molecule is CC(C)(CO)Nc1cnc(-c2nc([C@@](C)(c3ccc(-c4cnc(N)nc4)cc3)C3CC3)no2)cn1. The van der Waals surface area contributed by atoms with Gasteiger partial charge in [-0.15, -0.1) is 0 Å². The minimum Gasteiger partial charge on any atom is -0.394 e. The zero-order valence-electron chi connectivity index (χ0n) is 19.9. The van der Waals surface area contributed by atoms with Crippen molar-refractivity contribution in [3.63, 3.8) is 0 Å². The molecule has 4 N–H and O–H groups in total. The van der Waals surface area contributed by atoms with Crippen LogP contribution in [-0.4, -0.2) is 47.3 Å². The molecular formula is C25H28N8O2. The van der Waals surface area contributed by atoms with Crippen LogP contribution in [0.4, 0.5) is 11.8 Å². The zero-order valence-corrected chi connectivity index (χ0v) is 19.9.